The highest BCUT2D eigenvalue weighted by molar-refractivity contribution is 5.94. The first-order chi connectivity index (χ1) is 13.4. The molecule has 1 spiro atoms. The van der Waals surface area contributed by atoms with Gasteiger partial charge in [-0.1, -0.05) is 13.0 Å². The zero-order valence-corrected chi connectivity index (χ0v) is 16.7. The lowest BCUT2D eigenvalue weighted by molar-refractivity contribution is -0.154. The van der Waals surface area contributed by atoms with Crippen LogP contribution in [0.3, 0.4) is 0 Å². The fraction of sp³-hybridized carbons (Fsp3) is 0.636. The molecule has 0 saturated carbocycles. The van der Waals surface area contributed by atoms with Crippen molar-refractivity contribution in [2.75, 3.05) is 26.2 Å². The maximum atomic E-state index is 13.8. The third-order valence-electron chi connectivity index (χ3n) is 6.80. The number of nitrogens with zero attached hydrogens (tertiary/aromatic N) is 2. The number of rotatable bonds is 2. The van der Waals surface area contributed by atoms with Crippen molar-refractivity contribution in [2.45, 2.75) is 57.7 Å². The number of halogens is 1. The van der Waals surface area contributed by atoms with E-state index in [1.807, 2.05) is 4.90 Å². The van der Waals surface area contributed by atoms with E-state index in [1.165, 1.54) is 6.07 Å². The van der Waals surface area contributed by atoms with Crippen molar-refractivity contribution in [3.63, 3.8) is 0 Å². The summed E-state index contributed by atoms with van der Waals surface area (Å²) in [5.74, 6) is -0.217. The minimum absolute atomic E-state index is 0.134. The number of hydrogen-bond donors (Lipinski definition) is 0. The van der Waals surface area contributed by atoms with E-state index in [-0.39, 0.29) is 35.3 Å². The maximum Gasteiger partial charge on any atom is 0.253 e. The summed E-state index contributed by atoms with van der Waals surface area (Å²) in [5.41, 5.74) is 0.603. The topological polar surface area (TPSA) is 49.9 Å². The number of hydrogen-bond acceptors (Lipinski definition) is 3. The van der Waals surface area contributed by atoms with Crippen molar-refractivity contribution in [1.82, 2.24) is 9.80 Å². The number of carbonyl (C=O) groups is 2. The molecule has 3 saturated heterocycles. The molecule has 4 rings (SSSR count). The van der Waals surface area contributed by atoms with Gasteiger partial charge < -0.3 is 14.5 Å². The first-order valence-corrected chi connectivity index (χ1v) is 10.4. The monoisotopic (exact) mass is 388 g/mol. The quantitative estimate of drug-likeness (QED) is 0.782. The van der Waals surface area contributed by atoms with Gasteiger partial charge in [-0.05, 0) is 56.7 Å². The molecule has 3 aliphatic rings. The van der Waals surface area contributed by atoms with E-state index in [1.54, 1.807) is 24.0 Å². The molecule has 1 aromatic rings. The maximum absolute atomic E-state index is 13.8. The first kappa shape index (κ1) is 19.4. The number of likely N-dealkylation sites (tertiary alicyclic amines) is 2. The zero-order valence-electron chi connectivity index (χ0n) is 16.7. The molecule has 3 aliphatic heterocycles. The normalized spacial score (nSPS) is 30.2. The van der Waals surface area contributed by atoms with Gasteiger partial charge in [0.1, 0.15) is 11.9 Å². The average Bonchev–Trinajstić information content (AvgIpc) is 3.36. The lowest BCUT2D eigenvalue weighted by Gasteiger charge is -2.44. The Morgan fingerprint density at radius 1 is 1.14 bits per heavy atom. The Hall–Kier alpha value is -1.95. The Morgan fingerprint density at radius 2 is 1.89 bits per heavy atom. The first-order valence-electron chi connectivity index (χ1n) is 10.4. The van der Waals surface area contributed by atoms with E-state index in [2.05, 4.69) is 6.92 Å². The molecule has 1 aromatic carbocycles. The number of piperidine rings is 1. The van der Waals surface area contributed by atoms with Crippen molar-refractivity contribution >= 4 is 11.8 Å². The van der Waals surface area contributed by atoms with Crippen LogP contribution in [0, 0.1) is 18.7 Å². The number of aryl methyl sites for hydroxylation is 1. The SMILES string of the molecule is Cc1ccc(C(=O)N2CC[C@]3(CC[C@@H](C(=O)N4CCCC4)O3)[C@H](C)C2)cc1F. The number of carbonyl (C=O) groups excluding carboxylic acids is 2. The minimum Gasteiger partial charge on any atom is -0.362 e. The van der Waals surface area contributed by atoms with Crippen LogP contribution in [0.1, 0.15) is 54.9 Å². The standard InChI is InChI=1S/C22H29FN2O3/c1-15-5-6-17(13-18(15)23)20(26)25-12-9-22(16(2)14-25)8-7-19(28-22)21(27)24-10-3-4-11-24/h5-6,13,16,19H,3-4,7-12,14H2,1-2H3/t16-,19+,22-/m1/s1. The highest BCUT2D eigenvalue weighted by Gasteiger charge is 2.50. The van der Waals surface area contributed by atoms with Crippen LogP contribution in [0.4, 0.5) is 4.39 Å². The number of benzene rings is 1. The Kier molecular flexibility index (Phi) is 5.17. The fourth-order valence-corrected chi connectivity index (χ4v) is 4.89. The van der Waals surface area contributed by atoms with Crippen LogP contribution in [0.25, 0.3) is 0 Å². The molecule has 0 aromatic heterocycles. The molecule has 0 N–H and O–H groups in total. The van der Waals surface area contributed by atoms with Crippen LogP contribution in [0.2, 0.25) is 0 Å². The van der Waals surface area contributed by atoms with E-state index in [0.29, 0.717) is 24.2 Å². The molecule has 3 atom stereocenters. The molecule has 152 valence electrons. The van der Waals surface area contributed by atoms with Gasteiger partial charge in [0.05, 0.1) is 5.60 Å². The average molecular weight is 388 g/mol. The van der Waals surface area contributed by atoms with E-state index < -0.39 is 0 Å². The summed E-state index contributed by atoms with van der Waals surface area (Å²) in [4.78, 5) is 29.2. The van der Waals surface area contributed by atoms with Crippen LogP contribution in [0.15, 0.2) is 18.2 Å². The largest absolute Gasteiger partial charge is 0.362 e. The molecule has 3 heterocycles. The molecule has 5 nitrogen and oxygen atoms in total. The summed E-state index contributed by atoms with van der Waals surface area (Å²) in [5, 5.41) is 0. The molecule has 0 radical (unpaired) electrons. The van der Waals surface area contributed by atoms with Crippen LogP contribution in [-0.4, -0.2) is 59.5 Å². The zero-order chi connectivity index (χ0) is 19.9. The second-order valence-electron chi connectivity index (χ2n) is 8.61. The van der Waals surface area contributed by atoms with Crippen LogP contribution < -0.4 is 0 Å². The van der Waals surface area contributed by atoms with E-state index in [9.17, 15) is 14.0 Å². The van der Waals surface area contributed by atoms with Gasteiger partial charge in [0.15, 0.2) is 0 Å². The highest BCUT2D eigenvalue weighted by atomic mass is 19.1. The second kappa shape index (κ2) is 7.47. The minimum atomic E-state index is -0.352. The molecule has 0 bridgehead atoms. The van der Waals surface area contributed by atoms with Gasteiger partial charge in [0.25, 0.3) is 11.8 Å². The molecule has 0 unspecified atom stereocenters. The molecule has 3 fully saturated rings. The summed E-state index contributed by atoms with van der Waals surface area (Å²) in [6, 6.07) is 4.65. The van der Waals surface area contributed by atoms with E-state index in [4.69, 9.17) is 4.74 Å². The Labute approximate surface area is 165 Å². The van der Waals surface area contributed by atoms with Crippen molar-refractivity contribution in [2.24, 2.45) is 5.92 Å². The van der Waals surface area contributed by atoms with Gasteiger partial charge >= 0.3 is 0 Å². The van der Waals surface area contributed by atoms with Crippen LogP contribution >= 0.6 is 0 Å². The molecule has 0 aliphatic carbocycles. The Balaban J connectivity index is 1.40. The van der Waals surface area contributed by atoms with Crippen molar-refractivity contribution in [3.8, 4) is 0 Å². The summed E-state index contributed by atoms with van der Waals surface area (Å²) < 4.78 is 20.2. The lowest BCUT2D eigenvalue weighted by Crippen LogP contribution is -2.53. The number of amides is 2. The predicted octanol–water partition coefficient (Wildman–Crippen LogP) is 3.16. The third-order valence-corrected chi connectivity index (χ3v) is 6.80. The fourth-order valence-electron chi connectivity index (χ4n) is 4.89. The van der Waals surface area contributed by atoms with Crippen molar-refractivity contribution in [3.05, 3.63) is 35.1 Å². The third kappa shape index (κ3) is 3.43. The summed E-state index contributed by atoms with van der Waals surface area (Å²) >= 11 is 0. The smallest absolute Gasteiger partial charge is 0.253 e. The second-order valence-corrected chi connectivity index (χ2v) is 8.61. The summed E-state index contributed by atoms with van der Waals surface area (Å²) in [7, 11) is 0. The van der Waals surface area contributed by atoms with Gasteiger partial charge in [0, 0.05) is 37.7 Å². The Bertz CT molecular complexity index is 777. The summed E-state index contributed by atoms with van der Waals surface area (Å²) in [6.07, 6.45) is 4.16. The van der Waals surface area contributed by atoms with Gasteiger partial charge in [-0.3, -0.25) is 9.59 Å². The molecule has 2 amide bonds. The van der Waals surface area contributed by atoms with Gasteiger partial charge in [-0.15, -0.1) is 0 Å². The molecule has 6 heteroatoms. The van der Waals surface area contributed by atoms with Crippen molar-refractivity contribution in [1.29, 1.82) is 0 Å². The summed E-state index contributed by atoms with van der Waals surface area (Å²) in [6.45, 7) is 6.61. The molecular formula is C22H29FN2O3. The van der Waals surface area contributed by atoms with Crippen molar-refractivity contribution < 1.29 is 18.7 Å². The van der Waals surface area contributed by atoms with Crippen LogP contribution in [-0.2, 0) is 9.53 Å². The van der Waals surface area contributed by atoms with E-state index >= 15 is 0 Å². The van der Waals surface area contributed by atoms with Crippen LogP contribution in [0.5, 0.6) is 0 Å². The van der Waals surface area contributed by atoms with Gasteiger partial charge in [-0.2, -0.15) is 0 Å². The Morgan fingerprint density at radius 3 is 2.57 bits per heavy atom. The van der Waals surface area contributed by atoms with Gasteiger partial charge in [0.2, 0.25) is 0 Å². The van der Waals surface area contributed by atoms with Gasteiger partial charge in [-0.25, -0.2) is 4.39 Å². The molecule has 28 heavy (non-hydrogen) atoms. The molecular weight excluding hydrogens is 359 g/mol. The van der Waals surface area contributed by atoms with E-state index in [0.717, 1.165) is 45.2 Å². The number of ether oxygens (including phenoxy) is 1. The predicted molar refractivity (Wildman–Crippen MR) is 103 cm³/mol. The highest BCUT2D eigenvalue weighted by Crippen LogP contribution is 2.43. The lowest BCUT2D eigenvalue weighted by atomic mass is 9.80.